The van der Waals surface area contributed by atoms with Gasteiger partial charge in [-0.15, -0.1) is 0 Å². The van der Waals surface area contributed by atoms with Gasteiger partial charge >= 0.3 is 0 Å². The molecule has 0 amide bonds. The Labute approximate surface area is 143 Å². The summed E-state index contributed by atoms with van der Waals surface area (Å²) in [5, 5.41) is 3.64. The fraction of sp³-hybridized carbons (Fsp3) is 0.556. The average Bonchev–Trinajstić information content (AvgIpc) is 3.21. The molecule has 1 unspecified atom stereocenters. The summed E-state index contributed by atoms with van der Waals surface area (Å²) >= 11 is 0. The molecule has 1 aliphatic heterocycles. The highest BCUT2D eigenvalue weighted by atomic mass is 16.5. The lowest BCUT2D eigenvalue weighted by Crippen LogP contribution is -2.34. The Hall–Kier alpha value is -1.92. The third-order valence-corrected chi connectivity index (χ3v) is 4.60. The number of hydrogen-bond acceptors (Lipinski definition) is 5. The minimum atomic E-state index is 0.0901. The Balaban J connectivity index is 1.51. The number of methoxy groups -OCH3 is 1. The van der Waals surface area contributed by atoms with E-state index >= 15 is 0 Å². The highest BCUT2D eigenvalue weighted by Crippen LogP contribution is 2.32. The van der Waals surface area contributed by atoms with Crippen molar-refractivity contribution in [3.05, 3.63) is 42.1 Å². The van der Waals surface area contributed by atoms with E-state index in [1.54, 1.807) is 7.11 Å². The zero-order chi connectivity index (χ0) is 16.9. The van der Waals surface area contributed by atoms with E-state index in [1.807, 2.05) is 31.7 Å². The van der Waals surface area contributed by atoms with Gasteiger partial charge in [-0.3, -0.25) is 0 Å². The second kappa shape index (κ2) is 7.77. The van der Waals surface area contributed by atoms with Crippen molar-refractivity contribution in [2.24, 2.45) is 13.0 Å². The summed E-state index contributed by atoms with van der Waals surface area (Å²) in [6, 6.07) is 4.35. The number of hydrogen-bond donors (Lipinski definition) is 1. The first-order chi connectivity index (χ1) is 11.7. The Morgan fingerprint density at radius 2 is 2.29 bits per heavy atom. The number of aromatic nitrogens is 3. The molecular weight excluding hydrogens is 304 g/mol. The van der Waals surface area contributed by atoms with Crippen molar-refractivity contribution >= 4 is 0 Å². The molecule has 0 aliphatic carbocycles. The maximum Gasteiger partial charge on any atom is 0.212 e. The molecule has 0 aromatic carbocycles. The molecule has 3 heterocycles. The molecule has 3 atom stereocenters. The van der Waals surface area contributed by atoms with Gasteiger partial charge in [-0.2, -0.15) is 0 Å². The number of nitrogens with one attached hydrogen (secondary N) is 1. The molecule has 0 radical (unpaired) electrons. The van der Waals surface area contributed by atoms with Crippen LogP contribution in [0.2, 0.25) is 0 Å². The van der Waals surface area contributed by atoms with E-state index in [0.29, 0.717) is 17.8 Å². The first-order valence-corrected chi connectivity index (χ1v) is 8.48. The monoisotopic (exact) mass is 330 g/mol. The van der Waals surface area contributed by atoms with Gasteiger partial charge in [0, 0.05) is 56.8 Å². The van der Waals surface area contributed by atoms with Crippen molar-refractivity contribution < 1.29 is 9.47 Å². The molecule has 24 heavy (non-hydrogen) atoms. The maximum atomic E-state index is 5.92. The molecule has 6 heteroatoms. The molecule has 3 rings (SSSR count). The highest BCUT2D eigenvalue weighted by Gasteiger charge is 2.32. The van der Waals surface area contributed by atoms with Crippen LogP contribution in [0.25, 0.3) is 0 Å². The second-order valence-electron chi connectivity index (χ2n) is 6.46. The van der Waals surface area contributed by atoms with Crippen molar-refractivity contribution in [2.75, 3.05) is 20.3 Å². The zero-order valence-electron chi connectivity index (χ0n) is 14.6. The quantitative estimate of drug-likeness (QED) is 0.843. The average molecular weight is 330 g/mol. The van der Waals surface area contributed by atoms with E-state index in [2.05, 4.69) is 32.8 Å². The lowest BCUT2D eigenvalue weighted by molar-refractivity contribution is 0.0806. The number of ether oxygens (including phenoxy) is 2. The smallest absolute Gasteiger partial charge is 0.212 e. The number of aryl methyl sites for hydroxylation is 1. The van der Waals surface area contributed by atoms with E-state index in [0.717, 1.165) is 31.8 Å². The van der Waals surface area contributed by atoms with Crippen LogP contribution >= 0.6 is 0 Å². The van der Waals surface area contributed by atoms with E-state index < -0.39 is 0 Å². The normalized spacial score (nSPS) is 21.8. The zero-order valence-corrected chi connectivity index (χ0v) is 14.6. The van der Waals surface area contributed by atoms with Crippen LogP contribution in [0.1, 0.15) is 30.8 Å². The molecule has 2 aromatic rings. The summed E-state index contributed by atoms with van der Waals surface area (Å²) in [5.74, 6) is 2.13. The molecule has 0 bridgehead atoms. The van der Waals surface area contributed by atoms with Gasteiger partial charge in [0.1, 0.15) is 11.9 Å². The first-order valence-electron chi connectivity index (χ1n) is 8.48. The lowest BCUT2D eigenvalue weighted by Gasteiger charge is -2.21. The summed E-state index contributed by atoms with van der Waals surface area (Å²) in [6.07, 6.45) is 7.79. The first kappa shape index (κ1) is 16.9. The number of imidazole rings is 1. The Morgan fingerprint density at radius 3 is 2.96 bits per heavy atom. The van der Waals surface area contributed by atoms with Crippen molar-refractivity contribution in [1.82, 2.24) is 19.9 Å². The van der Waals surface area contributed by atoms with E-state index in [9.17, 15) is 0 Å². The van der Waals surface area contributed by atoms with Gasteiger partial charge in [-0.05, 0) is 25.3 Å². The standard InChI is InChI=1S/C18H26N4O2/c1-13(10-14-4-5-16(23-3)21-11-14)20-12-15-6-9-24-17(15)18-19-7-8-22(18)2/h4-5,7-8,11,13,15,17,20H,6,9-10,12H2,1-3H3/t13?,15-,17+/m0/s1. The van der Waals surface area contributed by atoms with Crippen LogP contribution in [0.3, 0.4) is 0 Å². The SMILES string of the molecule is COc1ccc(CC(C)NC[C@@H]2CCO[C@H]2c2nccn2C)cn1. The summed E-state index contributed by atoms with van der Waals surface area (Å²) in [7, 11) is 3.65. The Morgan fingerprint density at radius 1 is 1.42 bits per heavy atom. The fourth-order valence-electron chi connectivity index (χ4n) is 3.21. The minimum absolute atomic E-state index is 0.0901. The van der Waals surface area contributed by atoms with Crippen molar-refractivity contribution in [2.45, 2.75) is 31.9 Å². The van der Waals surface area contributed by atoms with Crippen molar-refractivity contribution in [3.63, 3.8) is 0 Å². The predicted octanol–water partition coefficient (Wildman–Crippen LogP) is 2.12. The van der Waals surface area contributed by atoms with E-state index in [-0.39, 0.29) is 6.10 Å². The maximum absolute atomic E-state index is 5.92. The summed E-state index contributed by atoms with van der Waals surface area (Å²) in [4.78, 5) is 8.71. The molecule has 0 spiro atoms. The van der Waals surface area contributed by atoms with Crippen LogP contribution in [-0.4, -0.2) is 40.8 Å². The molecule has 1 aliphatic rings. The molecule has 130 valence electrons. The molecule has 2 aromatic heterocycles. The van der Waals surface area contributed by atoms with Crippen LogP contribution < -0.4 is 10.1 Å². The van der Waals surface area contributed by atoms with Crippen molar-refractivity contribution in [1.29, 1.82) is 0 Å². The Kier molecular flexibility index (Phi) is 5.48. The molecule has 1 saturated heterocycles. The summed E-state index contributed by atoms with van der Waals surface area (Å²) in [5.41, 5.74) is 1.21. The van der Waals surface area contributed by atoms with Crippen LogP contribution in [0, 0.1) is 5.92 Å². The molecular formula is C18H26N4O2. The summed E-state index contributed by atoms with van der Waals surface area (Å²) < 4.78 is 13.1. The lowest BCUT2D eigenvalue weighted by atomic mass is 10.00. The van der Waals surface area contributed by atoms with Crippen LogP contribution in [0.15, 0.2) is 30.7 Å². The number of nitrogens with zero attached hydrogens (tertiary/aromatic N) is 3. The van der Waals surface area contributed by atoms with Crippen LogP contribution in [0.5, 0.6) is 5.88 Å². The van der Waals surface area contributed by atoms with Gasteiger partial charge in [0.2, 0.25) is 5.88 Å². The largest absolute Gasteiger partial charge is 0.481 e. The molecule has 0 saturated carbocycles. The summed E-state index contributed by atoms with van der Waals surface area (Å²) in [6.45, 7) is 3.94. The molecule has 1 N–H and O–H groups in total. The number of pyridine rings is 1. The van der Waals surface area contributed by atoms with Gasteiger partial charge in [-0.1, -0.05) is 6.07 Å². The molecule has 6 nitrogen and oxygen atoms in total. The third-order valence-electron chi connectivity index (χ3n) is 4.60. The topological polar surface area (TPSA) is 61.2 Å². The number of rotatable bonds is 7. The van der Waals surface area contributed by atoms with E-state index in [1.165, 1.54) is 5.56 Å². The van der Waals surface area contributed by atoms with Crippen LogP contribution in [0.4, 0.5) is 0 Å². The highest BCUT2D eigenvalue weighted by molar-refractivity contribution is 5.18. The van der Waals surface area contributed by atoms with Gasteiger partial charge in [0.15, 0.2) is 0 Å². The fourth-order valence-corrected chi connectivity index (χ4v) is 3.21. The van der Waals surface area contributed by atoms with Gasteiger partial charge in [0.25, 0.3) is 0 Å². The Bertz CT molecular complexity index is 641. The molecule has 1 fully saturated rings. The predicted molar refractivity (Wildman–Crippen MR) is 92.0 cm³/mol. The van der Waals surface area contributed by atoms with Gasteiger partial charge in [0.05, 0.1) is 7.11 Å². The van der Waals surface area contributed by atoms with Crippen LogP contribution in [-0.2, 0) is 18.2 Å². The van der Waals surface area contributed by atoms with E-state index in [4.69, 9.17) is 9.47 Å². The second-order valence-corrected chi connectivity index (χ2v) is 6.46. The third kappa shape index (κ3) is 3.94. The minimum Gasteiger partial charge on any atom is -0.481 e. The van der Waals surface area contributed by atoms with Crippen molar-refractivity contribution in [3.8, 4) is 5.88 Å². The van der Waals surface area contributed by atoms with Gasteiger partial charge < -0.3 is 19.4 Å². The van der Waals surface area contributed by atoms with Gasteiger partial charge in [-0.25, -0.2) is 9.97 Å².